The zero-order valence-corrected chi connectivity index (χ0v) is 12.1. The van der Waals surface area contributed by atoms with E-state index in [2.05, 4.69) is 4.18 Å². The molecule has 0 aromatic heterocycles. The lowest BCUT2D eigenvalue weighted by Gasteiger charge is -2.32. The average molecular weight is 404 g/mol. The van der Waals surface area contributed by atoms with Crippen LogP contribution in [0.25, 0.3) is 0 Å². The van der Waals surface area contributed by atoms with Crippen molar-refractivity contribution in [2.45, 2.75) is 23.3 Å². The first-order chi connectivity index (χ1) is 11.0. The fourth-order valence-corrected chi connectivity index (χ4v) is 2.28. The molecule has 1 aromatic carbocycles. The Morgan fingerprint density at radius 1 is 0.840 bits per heavy atom. The van der Waals surface area contributed by atoms with Crippen molar-refractivity contribution in [2.24, 2.45) is 0 Å². The minimum absolute atomic E-state index is 0.161. The molecule has 4 nitrogen and oxygen atoms in total. The van der Waals surface area contributed by atoms with E-state index in [1.54, 1.807) is 0 Å². The SMILES string of the molecule is O=Cc1ccccc1OS(=O)(=O)C(F)(F)C(F)(F)C(F)(F)C(F)(F)F. The third-order valence-electron chi connectivity index (χ3n) is 2.68. The Balaban J connectivity index is 3.42. The summed E-state index contributed by atoms with van der Waals surface area (Å²) in [6, 6.07) is 3.24. The van der Waals surface area contributed by atoms with Gasteiger partial charge in [-0.2, -0.15) is 47.9 Å². The number of rotatable bonds is 6. The van der Waals surface area contributed by atoms with Crippen LogP contribution < -0.4 is 4.18 Å². The van der Waals surface area contributed by atoms with E-state index in [-0.39, 0.29) is 6.29 Å². The van der Waals surface area contributed by atoms with Crippen molar-refractivity contribution in [3.05, 3.63) is 29.8 Å². The molecule has 0 saturated carbocycles. The van der Waals surface area contributed by atoms with Crippen LogP contribution in [0.1, 0.15) is 10.4 Å². The van der Waals surface area contributed by atoms with Gasteiger partial charge in [-0.15, -0.1) is 0 Å². The van der Waals surface area contributed by atoms with Gasteiger partial charge in [0.1, 0.15) is 0 Å². The predicted molar refractivity (Wildman–Crippen MR) is 62.3 cm³/mol. The summed E-state index contributed by atoms with van der Waals surface area (Å²) in [5.74, 6) is -16.1. The number of halogens is 9. The highest BCUT2D eigenvalue weighted by Gasteiger charge is 2.86. The van der Waals surface area contributed by atoms with Gasteiger partial charge in [-0.05, 0) is 12.1 Å². The first-order valence-corrected chi connectivity index (χ1v) is 7.12. The Labute approximate surface area is 133 Å². The summed E-state index contributed by atoms with van der Waals surface area (Å²) < 4.78 is 140. The van der Waals surface area contributed by atoms with Gasteiger partial charge >= 0.3 is 33.4 Å². The zero-order valence-electron chi connectivity index (χ0n) is 11.3. The Kier molecular flexibility index (Phi) is 5.11. The molecule has 0 radical (unpaired) electrons. The monoisotopic (exact) mass is 404 g/mol. The standard InChI is InChI=1S/C11H5F9O4S/c12-8(13,10(16,17)18)9(14,15)11(19,20)25(22,23)24-7-4-2-1-3-6(7)5-21/h1-5H. The van der Waals surface area contributed by atoms with E-state index in [1.807, 2.05) is 0 Å². The van der Waals surface area contributed by atoms with Gasteiger partial charge in [0, 0.05) is 0 Å². The highest BCUT2D eigenvalue weighted by molar-refractivity contribution is 7.88. The lowest BCUT2D eigenvalue weighted by Crippen LogP contribution is -2.63. The average Bonchev–Trinajstić information content (AvgIpc) is 2.45. The predicted octanol–water partition coefficient (Wildman–Crippen LogP) is 3.63. The minimum Gasteiger partial charge on any atom is -0.377 e. The van der Waals surface area contributed by atoms with Gasteiger partial charge in [0.25, 0.3) is 0 Å². The minimum atomic E-state index is -7.41. The molecular weight excluding hydrogens is 399 g/mol. The largest absolute Gasteiger partial charge is 0.460 e. The van der Waals surface area contributed by atoms with Gasteiger partial charge < -0.3 is 4.18 Å². The van der Waals surface area contributed by atoms with E-state index in [4.69, 9.17) is 0 Å². The van der Waals surface area contributed by atoms with Crippen molar-refractivity contribution in [1.29, 1.82) is 0 Å². The number of aldehydes is 1. The number of carbonyl (C=O) groups excluding carboxylic acids is 1. The molecule has 0 bridgehead atoms. The summed E-state index contributed by atoms with van der Waals surface area (Å²) in [7, 11) is -7.07. The van der Waals surface area contributed by atoms with Crippen molar-refractivity contribution in [3.8, 4) is 5.75 Å². The molecule has 1 rings (SSSR count). The molecule has 0 N–H and O–H groups in total. The maximum atomic E-state index is 13.4. The zero-order chi connectivity index (χ0) is 19.9. The van der Waals surface area contributed by atoms with E-state index < -0.39 is 44.7 Å². The van der Waals surface area contributed by atoms with E-state index >= 15 is 0 Å². The fourth-order valence-electron chi connectivity index (χ4n) is 1.34. The number of alkyl halides is 9. The van der Waals surface area contributed by atoms with Crippen LogP contribution in [0.5, 0.6) is 5.75 Å². The molecule has 0 amide bonds. The number of carbonyl (C=O) groups is 1. The van der Waals surface area contributed by atoms with Crippen molar-refractivity contribution >= 4 is 16.4 Å². The van der Waals surface area contributed by atoms with Crippen LogP contribution in [0, 0.1) is 0 Å². The molecule has 0 fully saturated rings. The molecule has 0 spiro atoms. The molecule has 0 atom stereocenters. The summed E-state index contributed by atoms with van der Waals surface area (Å²) in [5, 5.41) is -6.99. The second-order valence-electron chi connectivity index (χ2n) is 4.36. The molecule has 0 aliphatic rings. The Morgan fingerprint density at radius 2 is 1.32 bits per heavy atom. The van der Waals surface area contributed by atoms with Gasteiger partial charge in [0.2, 0.25) is 0 Å². The highest BCUT2D eigenvalue weighted by atomic mass is 32.2. The highest BCUT2D eigenvalue weighted by Crippen LogP contribution is 2.54. The molecule has 0 heterocycles. The van der Waals surface area contributed by atoms with E-state index in [0.717, 1.165) is 18.2 Å². The second-order valence-corrected chi connectivity index (χ2v) is 5.94. The van der Waals surface area contributed by atoms with Crippen LogP contribution in [0.2, 0.25) is 0 Å². The van der Waals surface area contributed by atoms with Crippen LogP contribution >= 0.6 is 0 Å². The molecule has 14 heteroatoms. The lowest BCUT2D eigenvalue weighted by atomic mass is 10.1. The summed E-state index contributed by atoms with van der Waals surface area (Å²) in [4.78, 5) is 10.6. The summed E-state index contributed by atoms with van der Waals surface area (Å²) in [6.07, 6.45) is -7.35. The topological polar surface area (TPSA) is 60.4 Å². The van der Waals surface area contributed by atoms with Gasteiger partial charge in [0.05, 0.1) is 5.56 Å². The molecule has 0 saturated heterocycles. The summed E-state index contributed by atoms with van der Waals surface area (Å²) >= 11 is 0. The number of hydrogen-bond donors (Lipinski definition) is 0. The van der Waals surface area contributed by atoms with Crippen LogP contribution in [0.15, 0.2) is 24.3 Å². The van der Waals surface area contributed by atoms with Crippen molar-refractivity contribution in [1.82, 2.24) is 0 Å². The van der Waals surface area contributed by atoms with Gasteiger partial charge in [-0.25, -0.2) is 0 Å². The van der Waals surface area contributed by atoms with Crippen molar-refractivity contribution < 1.29 is 56.9 Å². The fraction of sp³-hybridized carbons (Fsp3) is 0.364. The third kappa shape index (κ3) is 3.26. The molecular formula is C11H5F9O4S. The van der Waals surface area contributed by atoms with Crippen LogP contribution in [0.3, 0.4) is 0 Å². The third-order valence-corrected chi connectivity index (χ3v) is 3.96. The normalized spacial score (nSPS) is 14.3. The summed E-state index contributed by atoms with van der Waals surface area (Å²) in [5.41, 5.74) is -0.771. The van der Waals surface area contributed by atoms with Crippen LogP contribution in [-0.2, 0) is 10.1 Å². The maximum Gasteiger partial charge on any atom is 0.460 e. The first-order valence-electron chi connectivity index (χ1n) is 5.71. The maximum absolute atomic E-state index is 13.4. The van der Waals surface area contributed by atoms with E-state index in [0.29, 0.717) is 6.07 Å². The van der Waals surface area contributed by atoms with Crippen molar-refractivity contribution in [3.63, 3.8) is 0 Å². The quantitative estimate of drug-likeness (QED) is 0.413. The molecule has 25 heavy (non-hydrogen) atoms. The van der Waals surface area contributed by atoms with E-state index in [1.165, 1.54) is 0 Å². The number of para-hydroxylation sites is 1. The molecule has 0 unspecified atom stereocenters. The van der Waals surface area contributed by atoms with Gasteiger partial charge in [-0.1, -0.05) is 12.1 Å². The first kappa shape index (κ1) is 21.1. The van der Waals surface area contributed by atoms with Gasteiger partial charge in [0.15, 0.2) is 12.0 Å². The smallest absolute Gasteiger partial charge is 0.377 e. The Bertz CT molecular complexity index is 755. The van der Waals surface area contributed by atoms with Crippen molar-refractivity contribution in [2.75, 3.05) is 0 Å². The molecule has 0 aliphatic heterocycles. The Hall–Kier alpha value is -1.99. The van der Waals surface area contributed by atoms with E-state index in [9.17, 15) is 52.7 Å². The molecule has 0 aliphatic carbocycles. The summed E-state index contributed by atoms with van der Waals surface area (Å²) in [6.45, 7) is 0. The molecule has 1 aromatic rings. The second kappa shape index (κ2) is 6.07. The van der Waals surface area contributed by atoms with Crippen LogP contribution in [0.4, 0.5) is 39.5 Å². The molecule has 142 valence electrons. The number of benzene rings is 1. The number of hydrogen-bond acceptors (Lipinski definition) is 4. The lowest BCUT2D eigenvalue weighted by molar-refractivity contribution is -0.382. The van der Waals surface area contributed by atoms with Crippen LogP contribution in [-0.4, -0.2) is 38.0 Å². The van der Waals surface area contributed by atoms with Gasteiger partial charge in [-0.3, -0.25) is 4.79 Å². The Morgan fingerprint density at radius 3 is 1.76 bits per heavy atom.